The molecule has 0 N–H and O–H groups in total. The first-order valence-electron chi connectivity index (χ1n) is 6.20. The third kappa shape index (κ3) is 4.93. The van der Waals surface area contributed by atoms with Crippen LogP contribution in [0, 0.1) is 11.3 Å². The van der Waals surface area contributed by atoms with Crippen molar-refractivity contribution in [2.45, 2.75) is 6.61 Å². The number of carbonyl (C=O) groups excluding carboxylic acids is 1. The molecular formula is C16H12BrNO3. The maximum absolute atomic E-state index is 11.6. The normalized spacial score (nSPS) is 9.71. The standard InChI is InChI=1S/C16H12BrNO3/c17-14-5-2-6-15(8-14)20-11-16(19)21-10-13-4-1-3-12(7-13)9-18/h1-8H,10-11H2. The van der Waals surface area contributed by atoms with Gasteiger partial charge in [-0.1, -0.05) is 34.1 Å². The topological polar surface area (TPSA) is 59.3 Å². The molecule has 0 atom stereocenters. The lowest BCUT2D eigenvalue weighted by atomic mass is 10.1. The summed E-state index contributed by atoms with van der Waals surface area (Å²) >= 11 is 3.32. The van der Waals surface area contributed by atoms with Crippen LogP contribution in [0.25, 0.3) is 0 Å². The molecule has 0 aliphatic carbocycles. The second kappa shape index (κ2) is 7.46. The third-order valence-electron chi connectivity index (χ3n) is 2.61. The maximum Gasteiger partial charge on any atom is 0.344 e. The van der Waals surface area contributed by atoms with Crippen LogP contribution in [0.4, 0.5) is 0 Å². The van der Waals surface area contributed by atoms with Gasteiger partial charge in [0.05, 0.1) is 11.6 Å². The summed E-state index contributed by atoms with van der Waals surface area (Å²) in [5.74, 6) is 0.130. The molecule has 2 aromatic carbocycles. The van der Waals surface area contributed by atoms with Gasteiger partial charge >= 0.3 is 5.97 Å². The minimum Gasteiger partial charge on any atom is -0.482 e. The highest BCUT2D eigenvalue weighted by atomic mass is 79.9. The van der Waals surface area contributed by atoms with Gasteiger partial charge < -0.3 is 9.47 Å². The molecule has 0 saturated carbocycles. The van der Waals surface area contributed by atoms with E-state index in [-0.39, 0.29) is 13.2 Å². The van der Waals surface area contributed by atoms with Crippen LogP contribution in [0.2, 0.25) is 0 Å². The van der Waals surface area contributed by atoms with Crippen LogP contribution in [0.3, 0.4) is 0 Å². The summed E-state index contributed by atoms with van der Waals surface area (Å²) < 4.78 is 11.3. The van der Waals surface area contributed by atoms with Crippen LogP contribution in [-0.4, -0.2) is 12.6 Å². The first kappa shape index (κ1) is 15.1. The molecule has 0 unspecified atom stereocenters. The average molecular weight is 346 g/mol. The third-order valence-corrected chi connectivity index (χ3v) is 3.10. The van der Waals surface area contributed by atoms with Gasteiger partial charge in [0.15, 0.2) is 6.61 Å². The second-order valence-electron chi connectivity index (χ2n) is 4.22. The molecular weight excluding hydrogens is 334 g/mol. The fraction of sp³-hybridized carbons (Fsp3) is 0.125. The Hall–Kier alpha value is -2.32. The molecule has 0 amide bonds. The number of benzene rings is 2. The predicted molar refractivity (Wildman–Crippen MR) is 80.6 cm³/mol. The van der Waals surface area contributed by atoms with Crippen molar-refractivity contribution in [1.29, 1.82) is 5.26 Å². The number of nitriles is 1. The molecule has 106 valence electrons. The Balaban J connectivity index is 1.81. The lowest BCUT2D eigenvalue weighted by Crippen LogP contribution is -2.14. The Kier molecular flexibility index (Phi) is 5.35. The predicted octanol–water partition coefficient (Wildman–Crippen LogP) is 3.44. The van der Waals surface area contributed by atoms with E-state index in [0.29, 0.717) is 11.3 Å². The first-order chi connectivity index (χ1) is 10.2. The Morgan fingerprint density at radius 1 is 1.19 bits per heavy atom. The van der Waals surface area contributed by atoms with Crippen molar-refractivity contribution in [3.05, 3.63) is 64.1 Å². The molecule has 0 radical (unpaired) electrons. The van der Waals surface area contributed by atoms with E-state index >= 15 is 0 Å². The van der Waals surface area contributed by atoms with E-state index in [0.717, 1.165) is 10.0 Å². The van der Waals surface area contributed by atoms with Crippen molar-refractivity contribution >= 4 is 21.9 Å². The Morgan fingerprint density at radius 3 is 2.76 bits per heavy atom. The molecule has 5 heteroatoms. The van der Waals surface area contributed by atoms with Gasteiger partial charge in [-0.2, -0.15) is 5.26 Å². The van der Waals surface area contributed by atoms with Crippen LogP contribution in [0.15, 0.2) is 53.0 Å². The van der Waals surface area contributed by atoms with Gasteiger partial charge in [-0.25, -0.2) is 4.79 Å². The summed E-state index contributed by atoms with van der Waals surface area (Å²) in [4.78, 5) is 11.6. The monoisotopic (exact) mass is 345 g/mol. The molecule has 0 aliphatic rings. The van der Waals surface area contributed by atoms with Crippen molar-refractivity contribution in [3.8, 4) is 11.8 Å². The van der Waals surface area contributed by atoms with Crippen LogP contribution in [0.5, 0.6) is 5.75 Å². The highest BCUT2D eigenvalue weighted by Crippen LogP contribution is 2.17. The minimum atomic E-state index is -0.461. The van der Waals surface area contributed by atoms with E-state index in [2.05, 4.69) is 15.9 Å². The highest BCUT2D eigenvalue weighted by Gasteiger charge is 2.05. The van der Waals surface area contributed by atoms with E-state index in [4.69, 9.17) is 14.7 Å². The fourth-order valence-corrected chi connectivity index (χ4v) is 2.01. The summed E-state index contributed by atoms with van der Waals surface area (Å²) in [5, 5.41) is 8.79. The molecule has 0 aliphatic heterocycles. The quantitative estimate of drug-likeness (QED) is 0.778. The number of hydrogen-bond acceptors (Lipinski definition) is 4. The number of ether oxygens (including phenoxy) is 2. The van der Waals surface area contributed by atoms with Crippen molar-refractivity contribution in [1.82, 2.24) is 0 Å². The van der Waals surface area contributed by atoms with E-state index in [1.54, 1.807) is 36.4 Å². The first-order valence-corrected chi connectivity index (χ1v) is 7.00. The van der Waals surface area contributed by atoms with Gasteiger partial charge in [0.1, 0.15) is 12.4 Å². The summed E-state index contributed by atoms with van der Waals surface area (Å²) in [7, 11) is 0. The van der Waals surface area contributed by atoms with Crippen LogP contribution < -0.4 is 4.74 Å². The summed E-state index contributed by atoms with van der Waals surface area (Å²) in [6, 6.07) is 16.2. The minimum absolute atomic E-state index is 0.121. The van der Waals surface area contributed by atoms with Crippen molar-refractivity contribution < 1.29 is 14.3 Å². The SMILES string of the molecule is N#Cc1cccc(COC(=O)COc2cccc(Br)c2)c1. The zero-order valence-electron chi connectivity index (χ0n) is 11.1. The summed E-state index contributed by atoms with van der Waals surface area (Å²) in [6.07, 6.45) is 0. The van der Waals surface area contributed by atoms with Gasteiger partial charge in [0.2, 0.25) is 0 Å². The van der Waals surface area contributed by atoms with Crippen molar-refractivity contribution in [2.75, 3.05) is 6.61 Å². The summed E-state index contributed by atoms with van der Waals surface area (Å²) in [5.41, 5.74) is 1.30. The number of rotatable bonds is 5. The number of hydrogen-bond donors (Lipinski definition) is 0. The lowest BCUT2D eigenvalue weighted by Gasteiger charge is -2.07. The number of nitrogens with zero attached hydrogens (tertiary/aromatic N) is 1. The number of halogens is 1. The number of carbonyl (C=O) groups is 1. The zero-order chi connectivity index (χ0) is 15.1. The fourth-order valence-electron chi connectivity index (χ4n) is 1.64. The molecule has 0 fully saturated rings. The number of esters is 1. The molecule has 0 saturated heterocycles. The molecule has 0 heterocycles. The van der Waals surface area contributed by atoms with Gasteiger partial charge in [-0.05, 0) is 35.9 Å². The van der Waals surface area contributed by atoms with E-state index in [1.807, 2.05) is 18.2 Å². The average Bonchev–Trinajstić information content (AvgIpc) is 2.51. The molecule has 4 nitrogen and oxygen atoms in total. The van der Waals surface area contributed by atoms with Gasteiger partial charge in [0, 0.05) is 4.47 Å². The molecule has 21 heavy (non-hydrogen) atoms. The maximum atomic E-state index is 11.6. The molecule has 0 bridgehead atoms. The smallest absolute Gasteiger partial charge is 0.344 e. The van der Waals surface area contributed by atoms with Crippen LogP contribution in [-0.2, 0) is 16.1 Å². The molecule has 0 aromatic heterocycles. The Bertz CT molecular complexity index is 679. The van der Waals surface area contributed by atoms with Crippen LogP contribution in [0.1, 0.15) is 11.1 Å². The van der Waals surface area contributed by atoms with E-state index in [9.17, 15) is 4.79 Å². The molecule has 2 aromatic rings. The summed E-state index contributed by atoms with van der Waals surface area (Å²) in [6.45, 7) is -0.0371. The van der Waals surface area contributed by atoms with Gasteiger partial charge in [0.25, 0.3) is 0 Å². The zero-order valence-corrected chi connectivity index (χ0v) is 12.7. The van der Waals surface area contributed by atoms with Crippen LogP contribution >= 0.6 is 15.9 Å². The van der Waals surface area contributed by atoms with Gasteiger partial charge in [-0.3, -0.25) is 0 Å². The van der Waals surface area contributed by atoms with Gasteiger partial charge in [-0.15, -0.1) is 0 Å². The van der Waals surface area contributed by atoms with Crippen molar-refractivity contribution in [3.63, 3.8) is 0 Å². The highest BCUT2D eigenvalue weighted by molar-refractivity contribution is 9.10. The largest absolute Gasteiger partial charge is 0.482 e. The Morgan fingerprint density at radius 2 is 2.00 bits per heavy atom. The Labute approximate surface area is 131 Å². The second-order valence-corrected chi connectivity index (χ2v) is 5.13. The lowest BCUT2D eigenvalue weighted by molar-refractivity contribution is -0.147. The van der Waals surface area contributed by atoms with E-state index < -0.39 is 5.97 Å². The van der Waals surface area contributed by atoms with E-state index in [1.165, 1.54) is 0 Å². The molecule has 2 rings (SSSR count). The molecule has 0 spiro atoms. The van der Waals surface area contributed by atoms with Crippen molar-refractivity contribution in [2.24, 2.45) is 0 Å².